The van der Waals surface area contributed by atoms with Crippen molar-refractivity contribution in [2.24, 2.45) is 0 Å². The first kappa shape index (κ1) is 24.2. The maximum absolute atomic E-state index is 2.42. The van der Waals surface area contributed by atoms with Gasteiger partial charge in [0, 0.05) is 22.3 Å². The smallest absolute Gasteiger partial charge is 0.0416 e. The van der Waals surface area contributed by atoms with E-state index in [9.17, 15) is 0 Å². The van der Waals surface area contributed by atoms with E-state index in [4.69, 9.17) is 0 Å². The van der Waals surface area contributed by atoms with Crippen LogP contribution in [0, 0.1) is 0 Å². The Morgan fingerprint density at radius 3 is 1.55 bits per heavy atom. The summed E-state index contributed by atoms with van der Waals surface area (Å²) in [6, 6.07) is 44.4. The van der Waals surface area contributed by atoms with Crippen molar-refractivity contribution in [1.82, 2.24) is 0 Å². The molecule has 6 rings (SSSR count). The summed E-state index contributed by atoms with van der Waals surface area (Å²) in [4.78, 5) is 2.42. The van der Waals surface area contributed by atoms with Crippen molar-refractivity contribution >= 4 is 11.4 Å². The summed E-state index contributed by atoms with van der Waals surface area (Å²) >= 11 is 0. The van der Waals surface area contributed by atoms with Gasteiger partial charge in [-0.05, 0) is 95.6 Å². The number of benzene rings is 5. The molecule has 38 heavy (non-hydrogen) atoms. The van der Waals surface area contributed by atoms with E-state index < -0.39 is 0 Å². The van der Waals surface area contributed by atoms with Gasteiger partial charge in [-0.2, -0.15) is 0 Å². The van der Waals surface area contributed by atoms with Crippen molar-refractivity contribution in [3.63, 3.8) is 0 Å². The van der Waals surface area contributed by atoms with Gasteiger partial charge >= 0.3 is 0 Å². The molecule has 0 saturated carbocycles. The van der Waals surface area contributed by atoms with E-state index in [1.807, 2.05) is 0 Å². The maximum Gasteiger partial charge on any atom is 0.0416 e. The number of hydrogen-bond acceptors (Lipinski definition) is 1. The summed E-state index contributed by atoms with van der Waals surface area (Å²) in [7, 11) is 0. The normalized spacial score (nSPS) is 13.6. The van der Waals surface area contributed by atoms with E-state index in [0.717, 1.165) is 0 Å². The lowest BCUT2D eigenvalue weighted by atomic mass is 9.82. The van der Waals surface area contributed by atoms with Gasteiger partial charge in [0.1, 0.15) is 0 Å². The zero-order valence-electron chi connectivity index (χ0n) is 23.0. The van der Waals surface area contributed by atoms with Gasteiger partial charge < -0.3 is 4.90 Å². The number of anilines is 2. The molecule has 5 aromatic rings. The summed E-state index contributed by atoms with van der Waals surface area (Å²) in [6.07, 6.45) is 0. The topological polar surface area (TPSA) is 3.24 Å². The average molecular weight is 494 g/mol. The fourth-order valence-electron chi connectivity index (χ4n) is 6.06. The number of rotatable bonds is 4. The van der Waals surface area contributed by atoms with Crippen molar-refractivity contribution in [2.45, 2.75) is 45.6 Å². The van der Waals surface area contributed by atoms with Crippen LogP contribution in [0.5, 0.6) is 0 Å². The minimum atomic E-state index is -0.0708. The molecular formula is C37H35N. The third-order valence-electron chi connectivity index (χ3n) is 7.95. The minimum absolute atomic E-state index is 0.0393. The molecule has 1 heteroatoms. The molecule has 0 spiro atoms. The fraction of sp³-hybridized carbons (Fsp3) is 0.189. The van der Waals surface area contributed by atoms with Crippen LogP contribution in [-0.2, 0) is 5.41 Å². The van der Waals surface area contributed by atoms with Crippen molar-refractivity contribution in [3.05, 3.63) is 132 Å². The van der Waals surface area contributed by atoms with E-state index in [-0.39, 0.29) is 11.0 Å². The molecule has 0 fully saturated rings. The second kappa shape index (κ2) is 9.03. The van der Waals surface area contributed by atoms with Crippen LogP contribution >= 0.6 is 0 Å². The van der Waals surface area contributed by atoms with Crippen LogP contribution in [0.25, 0.3) is 33.4 Å². The second-order valence-electron chi connectivity index (χ2n) is 11.9. The first-order valence-electron chi connectivity index (χ1n) is 13.5. The SMILES string of the molecule is CC1(C)c2ccccc2-c2cc(-c3ccc(N(c4ccc(-c5ccccc5)cc4)C(C)(C)C)cc3)ccc21. The van der Waals surface area contributed by atoms with Gasteiger partial charge in [-0.15, -0.1) is 0 Å². The Hall–Kier alpha value is -4.10. The molecule has 0 bridgehead atoms. The molecule has 1 aliphatic rings. The summed E-state index contributed by atoms with van der Waals surface area (Å²) in [5.41, 5.74) is 12.9. The molecule has 1 aliphatic carbocycles. The Balaban J connectivity index is 1.33. The zero-order chi connectivity index (χ0) is 26.5. The molecule has 0 aliphatic heterocycles. The molecule has 0 amide bonds. The van der Waals surface area contributed by atoms with Crippen LogP contribution < -0.4 is 4.90 Å². The first-order chi connectivity index (χ1) is 18.2. The molecule has 5 aromatic carbocycles. The minimum Gasteiger partial charge on any atom is -0.336 e. The predicted molar refractivity (Wildman–Crippen MR) is 163 cm³/mol. The van der Waals surface area contributed by atoms with Gasteiger partial charge in [0.15, 0.2) is 0 Å². The lowest BCUT2D eigenvalue weighted by Gasteiger charge is -2.38. The largest absolute Gasteiger partial charge is 0.336 e. The lowest BCUT2D eigenvalue weighted by molar-refractivity contribution is 0.560. The third-order valence-corrected chi connectivity index (χ3v) is 7.95. The quantitative estimate of drug-likeness (QED) is 0.241. The fourth-order valence-corrected chi connectivity index (χ4v) is 6.06. The Kier molecular flexibility index (Phi) is 5.76. The van der Waals surface area contributed by atoms with Crippen LogP contribution in [-0.4, -0.2) is 5.54 Å². The number of nitrogens with zero attached hydrogens (tertiary/aromatic N) is 1. The molecule has 0 saturated heterocycles. The van der Waals surface area contributed by atoms with Crippen LogP contribution in [0.3, 0.4) is 0 Å². The van der Waals surface area contributed by atoms with Gasteiger partial charge in [-0.3, -0.25) is 0 Å². The van der Waals surface area contributed by atoms with E-state index in [1.165, 1.54) is 55.9 Å². The summed E-state index contributed by atoms with van der Waals surface area (Å²) in [6.45, 7) is 11.5. The highest BCUT2D eigenvalue weighted by molar-refractivity contribution is 5.84. The van der Waals surface area contributed by atoms with E-state index >= 15 is 0 Å². The highest BCUT2D eigenvalue weighted by atomic mass is 15.2. The molecule has 0 unspecified atom stereocenters. The molecule has 0 atom stereocenters. The molecule has 0 N–H and O–H groups in total. The highest BCUT2D eigenvalue weighted by Gasteiger charge is 2.35. The standard InChI is InChI=1S/C37H35N/c1-36(2,3)38(30-20-15-27(16-21-30)26-11-7-6-8-12-26)31-22-17-28(18-23-31)29-19-24-35-33(25-29)32-13-9-10-14-34(32)37(35,4)5/h6-25H,1-5H3. The third kappa shape index (κ3) is 4.13. The number of fused-ring (bicyclic) bond motifs is 3. The Morgan fingerprint density at radius 2 is 0.947 bits per heavy atom. The van der Waals surface area contributed by atoms with Gasteiger partial charge in [-0.25, -0.2) is 0 Å². The molecular weight excluding hydrogens is 458 g/mol. The van der Waals surface area contributed by atoms with Crippen LogP contribution in [0.4, 0.5) is 11.4 Å². The zero-order valence-corrected chi connectivity index (χ0v) is 23.0. The second-order valence-corrected chi connectivity index (χ2v) is 11.9. The van der Waals surface area contributed by atoms with Crippen LogP contribution in [0.15, 0.2) is 121 Å². The van der Waals surface area contributed by atoms with Gasteiger partial charge in [0.2, 0.25) is 0 Å². The van der Waals surface area contributed by atoms with E-state index in [2.05, 4.69) is 161 Å². The molecule has 0 radical (unpaired) electrons. The maximum atomic E-state index is 2.42. The van der Waals surface area contributed by atoms with Gasteiger partial charge in [0.25, 0.3) is 0 Å². The van der Waals surface area contributed by atoms with Crippen molar-refractivity contribution in [2.75, 3.05) is 4.90 Å². The summed E-state index contributed by atoms with van der Waals surface area (Å²) < 4.78 is 0. The summed E-state index contributed by atoms with van der Waals surface area (Å²) in [5, 5.41) is 0. The number of hydrogen-bond donors (Lipinski definition) is 0. The predicted octanol–water partition coefficient (Wildman–Crippen LogP) is 10.3. The van der Waals surface area contributed by atoms with Crippen molar-refractivity contribution in [3.8, 4) is 33.4 Å². The van der Waals surface area contributed by atoms with Crippen molar-refractivity contribution in [1.29, 1.82) is 0 Å². The molecule has 0 heterocycles. The molecule has 1 nitrogen and oxygen atoms in total. The highest BCUT2D eigenvalue weighted by Crippen LogP contribution is 2.49. The van der Waals surface area contributed by atoms with Crippen LogP contribution in [0.1, 0.15) is 45.7 Å². The summed E-state index contributed by atoms with van der Waals surface area (Å²) in [5.74, 6) is 0. The monoisotopic (exact) mass is 493 g/mol. The Morgan fingerprint density at radius 1 is 0.474 bits per heavy atom. The molecule has 188 valence electrons. The first-order valence-corrected chi connectivity index (χ1v) is 13.5. The van der Waals surface area contributed by atoms with E-state index in [0.29, 0.717) is 0 Å². The lowest BCUT2D eigenvalue weighted by Crippen LogP contribution is -2.37. The average Bonchev–Trinajstić information content (AvgIpc) is 3.16. The van der Waals surface area contributed by atoms with Crippen LogP contribution in [0.2, 0.25) is 0 Å². The van der Waals surface area contributed by atoms with E-state index in [1.54, 1.807) is 0 Å². The van der Waals surface area contributed by atoms with Gasteiger partial charge in [0.05, 0.1) is 0 Å². The Labute approximate surface area is 227 Å². The Bertz CT molecular complexity index is 1580. The van der Waals surface area contributed by atoms with Gasteiger partial charge in [-0.1, -0.05) is 105 Å². The van der Waals surface area contributed by atoms with Crippen molar-refractivity contribution < 1.29 is 0 Å². The molecule has 0 aromatic heterocycles.